The minimum atomic E-state index is -0.262. The zero-order valence-electron chi connectivity index (χ0n) is 12.5. The van der Waals surface area contributed by atoms with Crippen LogP contribution in [0, 0.1) is 6.92 Å². The van der Waals surface area contributed by atoms with Crippen molar-refractivity contribution in [3.05, 3.63) is 29.8 Å². The summed E-state index contributed by atoms with van der Waals surface area (Å²) in [5.74, 6) is 0.891. The molecule has 4 heteroatoms. The van der Waals surface area contributed by atoms with Crippen LogP contribution in [0.4, 0.5) is 0 Å². The van der Waals surface area contributed by atoms with Gasteiger partial charge in [-0.15, -0.1) is 0 Å². The fourth-order valence-electron chi connectivity index (χ4n) is 1.99. The van der Waals surface area contributed by atoms with Crippen LogP contribution in [0.2, 0.25) is 6.32 Å². The third kappa shape index (κ3) is 3.31. The van der Waals surface area contributed by atoms with Crippen molar-refractivity contribution in [1.82, 2.24) is 0 Å². The summed E-state index contributed by atoms with van der Waals surface area (Å²) in [5.41, 5.74) is 0.710. The normalized spacial score (nSPS) is 20.6. The Balaban J connectivity index is 1.80. The first-order chi connectivity index (χ1) is 8.80. The first kappa shape index (κ1) is 14.4. The van der Waals surface area contributed by atoms with Crippen LogP contribution in [-0.2, 0) is 9.31 Å². The van der Waals surface area contributed by atoms with Gasteiger partial charge in [0.1, 0.15) is 5.75 Å². The summed E-state index contributed by atoms with van der Waals surface area (Å²) in [6.07, 6.45) is 0.737. The molecule has 0 atom stereocenters. The van der Waals surface area contributed by atoms with Crippen molar-refractivity contribution in [3.63, 3.8) is 0 Å². The van der Waals surface area contributed by atoms with Gasteiger partial charge in [-0.2, -0.15) is 0 Å². The largest absolute Gasteiger partial charge is 0.494 e. The Kier molecular flexibility index (Phi) is 3.93. The summed E-state index contributed by atoms with van der Waals surface area (Å²) in [6.45, 7) is 10.9. The van der Waals surface area contributed by atoms with Gasteiger partial charge in [-0.05, 0) is 46.8 Å². The molecular weight excluding hydrogens is 239 g/mol. The van der Waals surface area contributed by atoms with E-state index in [1.165, 1.54) is 5.56 Å². The number of ether oxygens (including phenoxy) is 1. The predicted octanol–water partition coefficient (Wildman–Crippen LogP) is 3.47. The van der Waals surface area contributed by atoms with Gasteiger partial charge in [0.2, 0.25) is 0 Å². The monoisotopic (exact) mass is 262 g/mol. The summed E-state index contributed by atoms with van der Waals surface area (Å²) in [4.78, 5) is 0. The van der Waals surface area contributed by atoms with Crippen LogP contribution in [0.25, 0.3) is 0 Å². The lowest BCUT2D eigenvalue weighted by Crippen LogP contribution is -2.41. The fourth-order valence-corrected chi connectivity index (χ4v) is 1.99. The second kappa shape index (κ2) is 5.18. The van der Waals surface area contributed by atoms with Crippen LogP contribution in [-0.4, -0.2) is 24.9 Å². The SMILES string of the molecule is Cc1ccc(OCCB2OC(C)(C)C(C)(C)O2)cc1. The van der Waals surface area contributed by atoms with E-state index in [0.29, 0.717) is 6.61 Å². The third-order valence-electron chi connectivity index (χ3n) is 3.95. The standard InChI is InChI=1S/C15H23BO3/c1-12-6-8-13(9-7-12)17-11-10-16-18-14(2,3)15(4,5)19-16/h6-9H,10-11H2,1-5H3. The molecule has 0 aromatic heterocycles. The molecule has 0 N–H and O–H groups in total. The molecule has 0 saturated carbocycles. The molecule has 1 aliphatic rings. The highest BCUT2D eigenvalue weighted by atomic mass is 16.7. The van der Waals surface area contributed by atoms with Crippen molar-refractivity contribution in [2.24, 2.45) is 0 Å². The number of hydrogen-bond donors (Lipinski definition) is 0. The molecule has 0 spiro atoms. The average Bonchev–Trinajstić information content (AvgIpc) is 2.50. The molecule has 1 saturated heterocycles. The quantitative estimate of drug-likeness (QED) is 0.777. The van der Waals surface area contributed by atoms with Crippen LogP contribution >= 0.6 is 0 Å². The molecule has 0 bridgehead atoms. The maximum Gasteiger partial charge on any atom is 0.461 e. The van der Waals surface area contributed by atoms with Gasteiger partial charge < -0.3 is 14.0 Å². The molecule has 0 radical (unpaired) electrons. The van der Waals surface area contributed by atoms with Crippen molar-refractivity contribution in [1.29, 1.82) is 0 Å². The van der Waals surface area contributed by atoms with E-state index in [4.69, 9.17) is 14.0 Å². The van der Waals surface area contributed by atoms with Gasteiger partial charge in [-0.3, -0.25) is 0 Å². The fraction of sp³-hybridized carbons (Fsp3) is 0.600. The van der Waals surface area contributed by atoms with E-state index in [1.54, 1.807) is 0 Å². The van der Waals surface area contributed by atoms with Crippen LogP contribution in [0.1, 0.15) is 33.3 Å². The van der Waals surface area contributed by atoms with Gasteiger partial charge >= 0.3 is 7.12 Å². The Labute approximate surface area is 116 Å². The van der Waals surface area contributed by atoms with E-state index in [0.717, 1.165) is 12.1 Å². The first-order valence-electron chi connectivity index (χ1n) is 6.85. The first-order valence-corrected chi connectivity index (χ1v) is 6.85. The Morgan fingerprint density at radius 2 is 1.53 bits per heavy atom. The van der Waals surface area contributed by atoms with Crippen LogP contribution < -0.4 is 4.74 Å². The van der Waals surface area contributed by atoms with E-state index in [2.05, 4.69) is 34.6 Å². The molecule has 104 valence electrons. The number of aryl methyl sites for hydroxylation is 1. The minimum absolute atomic E-state index is 0.185. The van der Waals surface area contributed by atoms with E-state index >= 15 is 0 Å². The average molecular weight is 262 g/mol. The maximum absolute atomic E-state index is 5.92. The van der Waals surface area contributed by atoms with Crippen LogP contribution in [0.15, 0.2) is 24.3 Å². The summed E-state index contributed by atoms with van der Waals surface area (Å²) in [7, 11) is -0.185. The highest BCUT2D eigenvalue weighted by Crippen LogP contribution is 2.37. The highest BCUT2D eigenvalue weighted by molar-refractivity contribution is 6.45. The van der Waals surface area contributed by atoms with Gasteiger partial charge in [-0.25, -0.2) is 0 Å². The zero-order valence-corrected chi connectivity index (χ0v) is 12.5. The number of hydrogen-bond acceptors (Lipinski definition) is 3. The molecule has 1 aliphatic heterocycles. The van der Waals surface area contributed by atoms with E-state index in [9.17, 15) is 0 Å². The summed E-state index contributed by atoms with van der Waals surface area (Å²) >= 11 is 0. The molecule has 0 amide bonds. The zero-order chi connectivity index (χ0) is 14.1. The van der Waals surface area contributed by atoms with Crippen LogP contribution in [0.3, 0.4) is 0 Å². The van der Waals surface area contributed by atoms with Gasteiger partial charge in [0.25, 0.3) is 0 Å². The van der Waals surface area contributed by atoms with Crippen LogP contribution in [0.5, 0.6) is 5.75 Å². The topological polar surface area (TPSA) is 27.7 Å². The molecule has 1 heterocycles. The minimum Gasteiger partial charge on any atom is -0.494 e. The van der Waals surface area contributed by atoms with Gasteiger partial charge in [0.05, 0.1) is 17.8 Å². The molecule has 2 rings (SSSR count). The lowest BCUT2D eigenvalue weighted by Gasteiger charge is -2.32. The lowest BCUT2D eigenvalue weighted by molar-refractivity contribution is 0.00578. The third-order valence-corrected chi connectivity index (χ3v) is 3.95. The second-order valence-corrected chi connectivity index (χ2v) is 6.14. The maximum atomic E-state index is 5.92. The van der Waals surface area contributed by atoms with Crippen molar-refractivity contribution in [2.75, 3.05) is 6.61 Å². The Hall–Kier alpha value is -0.995. The van der Waals surface area contributed by atoms with Crippen molar-refractivity contribution in [3.8, 4) is 5.75 Å². The molecule has 0 aliphatic carbocycles. The molecule has 1 aromatic rings. The second-order valence-electron chi connectivity index (χ2n) is 6.14. The van der Waals surface area contributed by atoms with Crippen molar-refractivity contribution < 1.29 is 14.0 Å². The Morgan fingerprint density at radius 1 is 1.00 bits per heavy atom. The van der Waals surface area contributed by atoms with E-state index < -0.39 is 0 Å². The van der Waals surface area contributed by atoms with Crippen molar-refractivity contribution >= 4 is 7.12 Å². The van der Waals surface area contributed by atoms with E-state index in [1.807, 2.05) is 24.3 Å². The van der Waals surface area contributed by atoms with Gasteiger partial charge in [-0.1, -0.05) is 17.7 Å². The van der Waals surface area contributed by atoms with Gasteiger partial charge in [0, 0.05) is 6.32 Å². The van der Waals surface area contributed by atoms with Crippen molar-refractivity contribution in [2.45, 2.75) is 52.1 Å². The summed E-state index contributed by atoms with van der Waals surface area (Å²) in [5, 5.41) is 0. The Bertz CT molecular complexity index is 410. The molecule has 3 nitrogen and oxygen atoms in total. The van der Waals surface area contributed by atoms with Gasteiger partial charge in [0.15, 0.2) is 0 Å². The summed E-state index contributed by atoms with van der Waals surface area (Å²) in [6, 6.07) is 8.06. The highest BCUT2D eigenvalue weighted by Gasteiger charge is 2.50. The lowest BCUT2D eigenvalue weighted by atomic mass is 9.86. The molecule has 0 unspecified atom stereocenters. The number of benzene rings is 1. The molecule has 1 fully saturated rings. The smallest absolute Gasteiger partial charge is 0.461 e. The number of rotatable bonds is 4. The molecule has 1 aromatic carbocycles. The Morgan fingerprint density at radius 3 is 2.05 bits per heavy atom. The summed E-state index contributed by atoms with van der Waals surface area (Å²) < 4.78 is 17.5. The molecular formula is C15H23BO3. The molecule has 19 heavy (non-hydrogen) atoms. The predicted molar refractivity (Wildman–Crippen MR) is 77.6 cm³/mol. The van der Waals surface area contributed by atoms with E-state index in [-0.39, 0.29) is 18.3 Å².